The molecule has 0 bridgehead atoms. The number of ether oxygens (including phenoxy) is 1. The third kappa shape index (κ3) is 4.88. The van der Waals surface area contributed by atoms with Crippen LogP contribution in [0.5, 0.6) is 0 Å². The van der Waals surface area contributed by atoms with E-state index in [9.17, 15) is 18.8 Å². The van der Waals surface area contributed by atoms with E-state index in [0.29, 0.717) is 11.3 Å². The van der Waals surface area contributed by atoms with Gasteiger partial charge in [0.05, 0.1) is 12.3 Å². The minimum Gasteiger partial charge on any atom is -0.383 e. The number of carbonyl (C=O) groups is 1. The second-order valence-electron chi connectivity index (χ2n) is 7.83. The Kier molecular flexibility index (Phi) is 7.08. The van der Waals surface area contributed by atoms with Crippen LogP contribution in [0, 0.1) is 11.7 Å². The van der Waals surface area contributed by atoms with Crippen molar-refractivity contribution in [2.24, 2.45) is 11.1 Å². The summed E-state index contributed by atoms with van der Waals surface area (Å²) >= 11 is 0. The first-order chi connectivity index (χ1) is 15.2. The number of anilines is 2. The van der Waals surface area contributed by atoms with Gasteiger partial charge in [0.25, 0.3) is 11.5 Å². The van der Waals surface area contributed by atoms with Gasteiger partial charge in [-0.1, -0.05) is 31.1 Å². The first-order valence-electron chi connectivity index (χ1n) is 10.1. The van der Waals surface area contributed by atoms with E-state index in [2.05, 4.69) is 10.1 Å². The molecule has 32 heavy (non-hydrogen) atoms. The molecule has 2 heterocycles. The number of nitrogen functional groups attached to an aromatic ring is 1. The molecule has 1 aliphatic heterocycles. The molecule has 1 unspecified atom stereocenters. The molecule has 0 fully saturated rings. The summed E-state index contributed by atoms with van der Waals surface area (Å²) in [6.45, 7) is 4.15. The van der Waals surface area contributed by atoms with Crippen molar-refractivity contribution in [3.63, 3.8) is 0 Å². The Bertz CT molecular complexity index is 1140. The summed E-state index contributed by atoms with van der Waals surface area (Å²) in [5.41, 5.74) is 5.47. The van der Waals surface area contributed by atoms with Crippen molar-refractivity contribution in [3.8, 4) is 0 Å². The largest absolute Gasteiger partial charge is 0.383 e. The third-order valence-electron chi connectivity index (χ3n) is 4.92. The van der Waals surface area contributed by atoms with E-state index in [-0.39, 0.29) is 43.5 Å². The number of hydrogen-bond donors (Lipinski definition) is 2. The molecule has 1 atom stereocenters. The maximum atomic E-state index is 13.6. The van der Waals surface area contributed by atoms with Crippen molar-refractivity contribution in [2.45, 2.75) is 32.9 Å². The van der Waals surface area contributed by atoms with E-state index in [1.807, 2.05) is 13.8 Å². The summed E-state index contributed by atoms with van der Waals surface area (Å²) in [7, 11) is 1.45. The quantitative estimate of drug-likeness (QED) is 0.623. The van der Waals surface area contributed by atoms with Gasteiger partial charge in [-0.15, -0.1) is 0 Å². The van der Waals surface area contributed by atoms with Gasteiger partial charge < -0.3 is 15.3 Å². The highest BCUT2D eigenvalue weighted by molar-refractivity contribution is 6.07. The predicted octanol–water partition coefficient (Wildman–Crippen LogP) is 1.09. The number of nitrogens with two attached hydrogens (primary N) is 1. The number of amides is 1. The van der Waals surface area contributed by atoms with E-state index in [1.54, 1.807) is 6.07 Å². The molecule has 0 spiro atoms. The van der Waals surface area contributed by atoms with Crippen LogP contribution in [0.2, 0.25) is 0 Å². The SMILES string of the molecule is COCCN(C(=O)C1CC(c2cccc(F)c2)=NO1)c1c(N)n(CC(C)C)c(=O)[nH]c1=O. The van der Waals surface area contributed by atoms with Gasteiger partial charge in [-0.2, -0.15) is 0 Å². The fourth-order valence-corrected chi connectivity index (χ4v) is 3.42. The van der Waals surface area contributed by atoms with Crippen molar-refractivity contribution in [3.05, 3.63) is 56.5 Å². The van der Waals surface area contributed by atoms with Gasteiger partial charge in [-0.05, 0) is 18.1 Å². The lowest BCUT2D eigenvalue weighted by atomic mass is 10.0. The third-order valence-corrected chi connectivity index (χ3v) is 4.92. The molecule has 172 valence electrons. The molecule has 3 rings (SSSR count). The number of methoxy groups -OCH3 is 1. The van der Waals surface area contributed by atoms with Gasteiger partial charge in [-0.3, -0.25) is 24.0 Å². The number of aromatic nitrogens is 2. The standard InChI is InChI=1S/C21H26FN5O5/c1-12(2)11-27-18(23)17(19(28)24-21(27)30)26(7-8-31-3)20(29)16-10-15(25-32-16)13-5-4-6-14(22)9-13/h4-6,9,12,16H,7-8,10-11,23H2,1-3H3,(H,24,28,30). The average Bonchev–Trinajstić information content (AvgIpc) is 3.23. The number of rotatable bonds is 8. The smallest absolute Gasteiger partial charge is 0.330 e. The molecule has 0 radical (unpaired) electrons. The summed E-state index contributed by atoms with van der Waals surface area (Å²) in [5, 5.41) is 3.92. The molecular weight excluding hydrogens is 421 g/mol. The molecule has 2 aromatic rings. The summed E-state index contributed by atoms with van der Waals surface area (Å²) in [6, 6.07) is 5.79. The van der Waals surface area contributed by atoms with Gasteiger partial charge in [-0.25, -0.2) is 9.18 Å². The lowest BCUT2D eigenvalue weighted by Gasteiger charge is -2.26. The van der Waals surface area contributed by atoms with Crippen LogP contribution in [0.15, 0.2) is 39.0 Å². The molecule has 11 heteroatoms. The number of benzene rings is 1. The van der Waals surface area contributed by atoms with E-state index >= 15 is 0 Å². The second-order valence-corrected chi connectivity index (χ2v) is 7.83. The summed E-state index contributed by atoms with van der Waals surface area (Å²) in [4.78, 5) is 46.9. The molecule has 10 nitrogen and oxygen atoms in total. The van der Waals surface area contributed by atoms with Gasteiger partial charge in [0.15, 0.2) is 5.69 Å². The van der Waals surface area contributed by atoms with Crippen LogP contribution in [-0.2, 0) is 20.9 Å². The second kappa shape index (κ2) is 9.77. The minimum atomic E-state index is -1.05. The van der Waals surface area contributed by atoms with Crippen LogP contribution in [0.4, 0.5) is 15.9 Å². The van der Waals surface area contributed by atoms with Crippen molar-refractivity contribution in [1.29, 1.82) is 0 Å². The van der Waals surface area contributed by atoms with Crippen LogP contribution in [-0.4, -0.2) is 47.5 Å². The molecule has 0 saturated heterocycles. The number of halogens is 1. The minimum absolute atomic E-state index is 0.00233. The Hall–Kier alpha value is -3.47. The van der Waals surface area contributed by atoms with Gasteiger partial charge in [0, 0.05) is 32.2 Å². The number of nitrogens with zero attached hydrogens (tertiary/aromatic N) is 3. The average molecular weight is 447 g/mol. The Morgan fingerprint density at radius 2 is 2.19 bits per heavy atom. The highest BCUT2D eigenvalue weighted by Crippen LogP contribution is 2.23. The predicted molar refractivity (Wildman–Crippen MR) is 117 cm³/mol. The van der Waals surface area contributed by atoms with Crippen molar-refractivity contribution >= 4 is 23.1 Å². The van der Waals surface area contributed by atoms with Crippen LogP contribution in [0.3, 0.4) is 0 Å². The number of nitrogens with one attached hydrogen (secondary N) is 1. The Morgan fingerprint density at radius 3 is 2.84 bits per heavy atom. The van der Waals surface area contributed by atoms with Crippen molar-refractivity contribution in [2.75, 3.05) is 30.9 Å². The summed E-state index contributed by atoms with van der Waals surface area (Å²) in [6.07, 6.45) is -0.968. The number of carbonyl (C=O) groups excluding carboxylic acids is 1. The van der Waals surface area contributed by atoms with E-state index in [1.165, 1.54) is 29.9 Å². The molecular formula is C21H26FN5O5. The van der Waals surface area contributed by atoms with Gasteiger partial charge in [0.2, 0.25) is 6.10 Å². The fourth-order valence-electron chi connectivity index (χ4n) is 3.42. The zero-order valence-corrected chi connectivity index (χ0v) is 18.1. The maximum absolute atomic E-state index is 13.6. The fraction of sp³-hybridized carbons (Fsp3) is 0.429. The van der Waals surface area contributed by atoms with Crippen LogP contribution in [0.25, 0.3) is 0 Å². The Labute approximate surface area is 183 Å². The highest BCUT2D eigenvalue weighted by atomic mass is 19.1. The summed E-state index contributed by atoms with van der Waals surface area (Å²) in [5.74, 6) is -1.07. The zero-order valence-electron chi connectivity index (χ0n) is 18.1. The number of hydrogen-bond acceptors (Lipinski definition) is 7. The summed E-state index contributed by atoms with van der Waals surface area (Å²) < 4.78 is 19.9. The van der Waals surface area contributed by atoms with E-state index in [0.717, 1.165) is 4.90 Å². The molecule has 1 aromatic heterocycles. The molecule has 0 saturated carbocycles. The molecule has 1 aromatic carbocycles. The van der Waals surface area contributed by atoms with Crippen LogP contribution < -0.4 is 21.9 Å². The topological polar surface area (TPSA) is 132 Å². The molecule has 0 aliphatic carbocycles. The first kappa shape index (κ1) is 23.2. The Balaban J connectivity index is 1.93. The maximum Gasteiger partial charge on any atom is 0.330 e. The van der Waals surface area contributed by atoms with Crippen molar-refractivity contribution in [1.82, 2.24) is 9.55 Å². The molecule has 3 N–H and O–H groups in total. The van der Waals surface area contributed by atoms with Crippen molar-refractivity contribution < 1.29 is 18.8 Å². The van der Waals surface area contributed by atoms with E-state index < -0.39 is 29.1 Å². The molecule has 1 aliphatic rings. The van der Waals surface area contributed by atoms with E-state index in [4.69, 9.17) is 15.3 Å². The number of oxime groups is 1. The molecule has 1 amide bonds. The number of aromatic amines is 1. The Morgan fingerprint density at radius 1 is 1.44 bits per heavy atom. The lowest BCUT2D eigenvalue weighted by molar-refractivity contribution is -0.128. The van der Waals surface area contributed by atoms with Gasteiger partial charge >= 0.3 is 5.69 Å². The van der Waals surface area contributed by atoms with Crippen LogP contribution >= 0.6 is 0 Å². The normalized spacial score (nSPS) is 15.5. The first-order valence-corrected chi connectivity index (χ1v) is 10.1. The van der Waals surface area contributed by atoms with Gasteiger partial charge in [0.1, 0.15) is 11.6 Å². The highest BCUT2D eigenvalue weighted by Gasteiger charge is 2.35. The zero-order chi connectivity index (χ0) is 23.4. The lowest BCUT2D eigenvalue weighted by Crippen LogP contribution is -2.46. The monoisotopic (exact) mass is 447 g/mol. The van der Waals surface area contributed by atoms with Crippen LogP contribution in [0.1, 0.15) is 25.8 Å². The number of H-pyrrole nitrogens is 1.